The van der Waals surface area contributed by atoms with Crippen LogP contribution in [0.3, 0.4) is 0 Å². The highest BCUT2D eigenvalue weighted by atomic mass is 79.9. The highest BCUT2D eigenvalue weighted by molar-refractivity contribution is 9.10. The summed E-state index contributed by atoms with van der Waals surface area (Å²) < 4.78 is 5.96. The first-order chi connectivity index (χ1) is 13.0. The van der Waals surface area contributed by atoms with Crippen molar-refractivity contribution in [2.45, 2.75) is 6.42 Å². The van der Waals surface area contributed by atoms with Gasteiger partial charge >= 0.3 is 0 Å². The first-order valence-corrected chi connectivity index (χ1v) is 9.66. The highest BCUT2D eigenvalue weighted by Gasteiger charge is 2.12. The molecule has 27 heavy (non-hydrogen) atoms. The Balaban J connectivity index is 1.57. The number of thiazole rings is 1. The maximum Gasteiger partial charge on any atom is 0.257 e. The van der Waals surface area contributed by atoms with Crippen LogP contribution < -0.4 is 15.4 Å². The normalized spacial score (nSPS) is 10.3. The lowest BCUT2D eigenvalue weighted by Crippen LogP contribution is -2.15. The molecule has 0 spiro atoms. The van der Waals surface area contributed by atoms with Crippen molar-refractivity contribution in [3.8, 4) is 5.75 Å². The first kappa shape index (κ1) is 19.1. The molecule has 138 valence electrons. The van der Waals surface area contributed by atoms with Crippen LogP contribution in [0.1, 0.15) is 16.1 Å². The van der Waals surface area contributed by atoms with Gasteiger partial charge in [-0.25, -0.2) is 4.98 Å². The fourth-order valence-electron chi connectivity index (χ4n) is 2.29. The van der Waals surface area contributed by atoms with Crippen LogP contribution in [0.5, 0.6) is 5.75 Å². The third-order valence-electron chi connectivity index (χ3n) is 3.57. The van der Waals surface area contributed by atoms with E-state index in [1.165, 1.54) is 11.3 Å². The molecule has 0 aliphatic carbocycles. The minimum Gasteiger partial charge on any atom is -0.497 e. The van der Waals surface area contributed by atoms with Gasteiger partial charge in [0.05, 0.1) is 19.2 Å². The van der Waals surface area contributed by atoms with Crippen LogP contribution in [0.2, 0.25) is 0 Å². The summed E-state index contributed by atoms with van der Waals surface area (Å²) >= 11 is 4.64. The molecule has 3 aromatic rings. The maximum atomic E-state index is 12.2. The van der Waals surface area contributed by atoms with Crippen molar-refractivity contribution in [2.75, 3.05) is 17.7 Å². The van der Waals surface area contributed by atoms with Crippen molar-refractivity contribution < 1.29 is 14.3 Å². The Morgan fingerprint density at radius 3 is 2.63 bits per heavy atom. The van der Waals surface area contributed by atoms with Gasteiger partial charge in [-0.3, -0.25) is 14.9 Å². The number of nitrogens with one attached hydrogen (secondary N) is 2. The van der Waals surface area contributed by atoms with Gasteiger partial charge in [0.25, 0.3) is 5.91 Å². The average molecular weight is 446 g/mol. The lowest BCUT2D eigenvalue weighted by atomic mass is 10.2. The van der Waals surface area contributed by atoms with E-state index in [2.05, 4.69) is 31.5 Å². The van der Waals surface area contributed by atoms with E-state index < -0.39 is 0 Å². The third-order valence-corrected chi connectivity index (χ3v) is 4.87. The quantitative estimate of drug-likeness (QED) is 0.590. The summed E-state index contributed by atoms with van der Waals surface area (Å²) in [4.78, 5) is 28.7. The van der Waals surface area contributed by atoms with Crippen molar-refractivity contribution in [2.24, 2.45) is 0 Å². The molecule has 8 heteroatoms. The molecular weight excluding hydrogens is 430 g/mol. The van der Waals surface area contributed by atoms with E-state index in [1.54, 1.807) is 36.8 Å². The van der Waals surface area contributed by atoms with Gasteiger partial charge in [0.2, 0.25) is 5.91 Å². The number of hydrogen-bond acceptors (Lipinski definition) is 5. The Hall–Kier alpha value is -2.71. The van der Waals surface area contributed by atoms with E-state index in [9.17, 15) is 9.59 Å². The number of halogens is 1. The van der Waals surface area contributed by atoms with Crippen molar-refractivity contribution in [1.82, 2.24) is 4.98 Å². The van der Waals surface area contributed by atoms with Crippen LogP contribution in [0.4, 0.5) is 10.8 Å². The van der Waals surface area contributed by atoms with E-state index >= 15 is 0 Å². The highest BCUT2D eigenvalue weighted by Crippen LogP contribution is 2.19. The van der Waals surface area contributed by atoms with Gasteiger partial charge in [0.15, 0.2) is 5.13 Å². The lowest BCUT2D eigenvalue weighted by molar-refractivity contribution is -0.115. The Labute approximate surface area is 168 Å². The van der Waals surface area contributed by atoms with Gasteiger partial charge in [-0.05, 0) is 42.5 Å². The largest absolute Gasteiger partial charge is 0.497 e. The SMILES string of the molecule is COc1ccc(C(=O)Nc2nc(CC(=O)Nc3cccc(Br)c3)cs2)cc1. The summed E-state index contributed by atoms with van der Waals surface area (Å²) in [7, 11) is 1.57. The number of methoxy groups -OCH3 is 1. The smallest absolute Gasteiger partial charge is 0.257 e. The minimum absolute atomic E-state index is 0.126. The molecule has 6 nitrogen and oxygen atoms in total. The van der Waals surface area contributed by atoms with Crippen LogP contribution in [-0.4, -0.2) is 23.9 Å². The van der Waals surface area contributed by atoms with Crippen LogP contribution in [0.25, 0.3) is 0 Å². The van der Waals surface area contributed by atoms with Crippen LogP contribution in [-0.2, 0) is 11.2 Å². The number of ether oxygens (including phenoxy) is 1. The van der Waals surface area contributed by atoms with Gasteiger partial charge in [-0.2, -0.15) is 0 Å². The summed E-state index contributed by atoms with van der Waals surface area (Å²) in [5, 5.41) is 7.75. The number of aromatic nitrogens is 1. The fourth-order valence-corrected chi connectivity index (χ4v) is 3.40. The Morgan fingerprint density at radius 1 is 1.15 bits per heavy atom. The molecule has 0 radical (unpaired) electrons. The standard InChI is InChI=1S/C19H16BrN3O3S/c1-26-16-7-5-12(6-8-16)18(25)23-19-22-15(11-27-19)10-17(24)21-14-4-2-3-13(20)9-14/h2-9,11H,10H2,1H3,(H,21,24)(H,22,23,25). The molecule has 0 aliphatic heterocycles. The molecule has 0 fully saturated rings. The van der Waals surface area contributed by atoms with E-state index in [4.69, 9.17) is 4.74 Å². The van der Waals surface area contributed by atoms with Gasteiger partial charge < -0.3 is 10.1 Å². The number of hydrogen-bond donors (Lipinski definition) is 2. The summed E-state index contributed by atoms with van der Waals surface area (Å²) in [6.07, 6.45) is 0.126. The first-order valence-electron chi connectivity index (χ1n) is 7.99. The second-order valence-electron chi connectivity index (χ2n) is 5.56. The summed E-state index contributed by atoms with van der Waals surface area (Å²) in [6.45, 7) is 0. The topological polar surface area (TPSA) is 80.3 Å². The molecular formula is C19H16BrN3O3S. The molecule has 1 heterocycles. The van der Waals surface area contributed by atoms with E-state index in [1.807, 2.05) is 24.3 Å². The molecule has 0 saturated carbocycles. The summed E-state index contributed by atoms with van der Waals surface area (Å²) in [5.41, 5.74) is 1.80. The monoisotopic (exact) mass is 445 g/mol. The Kier molecular flexibility index (Phi) is 6.20. The van der Waals surface area contributed by atoms with Gasteiger partial charge in [0, 0.05) is 21.1 Å². The number of anilines is 2. The number of rotatable bonds is 6. The van der Waals surface area contributed by atoms with Crippen molar-refractivity contribution in [3.05, 3.63) is 69.6 Å². The molecule has 2 N–H and O–H groups in total. The van der Waals surface area contributed by atoms with Crippen molar-refractivity contribution in [1.29, 1.82) is 0 Å². The molecule has 0 bridgehead atoms. The summed E-state index contributed by atoms with van der Waals surface area (Å²) in [6, 6.07) is 14.1. The molecule has 0 aliphatic rings. The zero-order chi connectivity index (χ0) is 19.2. The minimum atomic E-state index is -0.267. The molecule has 0 saturated heterocycles. The lowest BCUT2D eigenvalue weighted by Gasteiger charge is -2.04. The van der Waals surface area contributed by atoms with Gasteiger partial charge in [0.1, 0.15) is 5.75 Å². The van der Waals surface area contributed by atoms with Crippen molar-refractivity contribution >= 4 is 49.9 Å². The zero-order valence-electron chi connectivity index (χ0n) is 14.4. The fraction of sp³-hybridized carbons (Fsp3) is 0.105. The number of benzene rings is 2. The van der Waals surface area contributed by atoms with Gasteiger partial charge in [-0.15, -0.1) is 11.3 Å². The molecule has 2 amide bonds. The van der Waals surface area contributed by atoms with Crippen molar-refractivity contribution in [3.63, 3.8) is 0 Å². The predicted molar refractivity (Wildman–Crippen MR) is 110 cm³/mol. The van der Waals surface area contributed by atoms with E-state index in [0.29, 0.717) is 27.8 Å². The van der Waals surface area contributed by atoms with Crippen LogP contribution in [0.15, 0.2) is 58.4 Å². The number of carbonyl (C=O) groups excluding carboxylic acids is 2. The average Bonchev–Trinajstić information content (AvgIpc) is 3.08. The van der Waals surface area contributed by atoms with Gasteiger partial charge in [-0.1, -0.05) is 22.0 Å². The number of amides is 2. The number of nitrogens with zero attached hydrogens (tertiary/aromatic N) is 1. The maximum absolute atomic E-state index is 12.2. The molecule has 2 aromatic carbocycles. The van der Waals surface area contributed by atoms with E-state index in [-0.39, 0.29) is 18.2 Å². The molecule has 1 aromatic heterocycles. The number of carbonyl (C=O) groups is 2. The second kappa shape index (κ2) is 8.79. The van der Waals surface area contributed by atoms with E-state index in [0.717, 1.165) is 4.47 Å². The van der Waals surface area contributed by atoms with Crippen LogP contribution in [0, 0.1) is 0 Å². The molecule has 0 unspecified atom stereocenters. The predicted octanol–water partition coefficient (Wildman–Crippen LogP) is 4.35. The Morgan fingerprint density at radius 2 is 1.93 bits per heavy atom. The van der Waals surface area contributed by atoms with Crippen LogP contribution >= 0.6 is 27.3 Å². The molecule has 3 rings (SSSR count). The second-order valence-corrected chi connectivity index (χ2v) is 7.34. The Bertz CT molecular complexity index is 957. The molecule has 0 atom stereocenters. The summed E-state index contributed by atoms with van der Waals surface area (Å²) in [5.74, 6) is 0.239. The third kappa shape index (κ3) is 5.38. The zero-order valence-corrected chi connectivity index (χ0v) is 16.8.